The normalized spacial score (nSPS) is 12.1. The maximum absolute atomic E-state index is 10.2. The topological polar surface area (TPSA) is 75.9 Å². The number of hydrogen-bond acceptors (Lipinski definition) is 5. The fourth-order valence-corrected chi connectivity index (χ4v) is 2.40. The molecule has 23 heavy (non-hydrogen) atoms. The van der Waals surface area contributed by atoms with Crippen LogP contribution in [0.5, 0.6) is 0 Å². The Morgan fingerprint density at radius 3 is 2.65 bits per heavy atom. The molecule has 0 saturated carbocycles. The van der Waals surface area contributed by atoms with Gasteiger partial charge >= 0.3 is 0 Å². The van der Waals surface area contributed by atoms with E-state index in [1.165, 1.54) is 0 Å². The van der Waals surface area contributed by atoms with E-state index in [0.717, 1.165) is 5.69 Å². The number of nitrogens with one attached hydrogen (secondary N) is 1. The van der Waals surface area contributed by atoms with Crippen molar-refractivity contribution in [1.29, 1.82) is 0 Å². The van der Waals surface area contributed by atoms with Crippen LogP contribution in [0.3, 0.4) is 0 Å². The minimum Gasteiger partial charge on any atom is -0.387 e. The third kappa shape index (κ3) is 3.67. The quantitative estimate of drug-likeness (QED) is 0.752. The molecule has 0 fully saturated rings. The minimum atomic E-state index is -0.723. The van der Waals surface area contributed by atoms with Crippen molar-refractivity contribution in [3.8, 4) is 5.82 Å². The second-order valence-corrected chi connectivity index (χ2v) is 5.50. The number of aryl methyl sites for hydroxylation is 1. The maximum atomic E-state index is 10.2. The summed E-state index contributed by atoms with van der Waals surface area (Å²) < 4.78 is 1.66. The summed E-state index contributed by atoms with van der Waals surface area (Å²) >= 11 is 6.07. The van der Waals surface area contributed by atoms with Crippen LogP contribution in [0.25, 0.3) is 5.82 Å². The second kappa shape index (κ2) is 6.76. The number of halogens is 1. The van der Waals surface area contributed by atoms with Gasteiger partial charge in [-0.25, -0.2) is 4.68 Å². The summed E-state index contributed by atoms with van der Waals surface area (Å²) in [5, 5.41) is 26.2. The molecule has 1 unspecified atom stereocenters. The Bertz CT molecular complexity index is 787. The van der Waals surface area contributed by atoms with E-state index in [2.05, 4.69) is 20.6 Å². The molecule has 2 heterocycles. The van der Waals surface area contributed by atoms with Crippen LogP contribution < -0.4 is 5.32 Å². The molecule has 7 heteroatoms. The molecule has 2 aromatic heterocycles. The molecule has 0 amide bonds. The predicted molar refractivity (Wildman–Crippen MR) is 88.8 cm³/mol. The summed E-state index contributed by atoms with van der Waals surface area (Å²) in [5.41, 5.74) is 1.59. The minimum absolute atomic E-state index is 0.290. The lowest BCUT2D eigenvalue weighted by Gasteiger charge is -2.13. The van der Waals surface area contributed by atoms with E-state index in [1.807, 2.05) is 37.4 Å². The fourth-order valence-electron chi connectivity index (χ4n) is 2.14. The summed E-state index contributed by atoms with van der Waals surface area (Å²) in [4.78, 5) is 0. The van der Waals surface area contributed by atoms with E-state index in [1.54, 1.807) is 22.9 Å². The third-order valence-corrected chi connectivity index (χ3v) is 3.69. The zero-order valence-corrected chi connectivity index (χ0v) is 13.3. The van der Waals surface area contributed by atoms with Gasteiger partial charge in [0.1, 0.15) is 5.82 Å². The molecule has 1 aromatic carbocycles. The fraction of sp³-hybridized carbons (Fsp3) is 0.188. The molecule has 0 aliphatic rings. The number of anilines is 1. The lowest BCUT2D eigenvalue weighted by Crippen LogP contribution is -2.14. The first-order valence-corrected chi connectivity index (χ1v) is 7.54. The van der Waals surface area contributed by atoms with E-state index in [9.17, 15) is 5.11 Å². The van der Waals surface area contributed by atoms with Crippen LogP contribution in [0.4, 0.5) is 5.82 Å². The monoisotopic (exact) mass is 329 g/mol. The Balaban J connectivity index is 1.64. The molecule has 0 aliphatic carbocycles. The van der Waals surface area contributed by atoms with Gasteiger partial charge in [0, 0.05) is 23.3 Å². The Labute approximate surface area is 138 Å². The standard InChI is InChI=1S/C16H16ClN5O/c1-11-8-9-22(21-11)16-7-6-15(19-20-16)18-10-14(23)12-4-2-3-5-13(12)17/h2-9,14,23H,10H2,1H3,(H,18,19). The van der Waals surface area contributed by atoms with Crippen molar-refractivity contribution in [3.05, 3.63) is 64.9 Å². The molecule has 6 nitrogen and oxygen atoms in total. The smallest absolute Gasteiger partial charge is 0.175 e. The van der Waals surface area contributed by atoms with Crippen LogP contribution in [-0.2, 0) is 0 Å². The van der Waals surface area contributed by atoms with Crippen molar-refractivity contribution in [2.24, 2.45) is 0 Å². The van der Waals surface area contributed by atoms with E-state index in [-0.39, 0.29) is 0 Å². The van der Waals surface area contributed by atoms with Gasteiger partial charge < -0.3 is 10.4 Å². The molecule has 3 rings (SSSR count). The Morgan fingerprint density at radius 1 is 1.17 bits per heavy atom. The van der Waals surface area contributed by atoms with Gasteiger partial charge in [-0.15, -0.1) is 10.2 Å². The van der Waals surface area contributed by atoms with Crippen LogP contribution in [-0.4, -0.2) is 31.6 Å². The summed E-state index contributed by atoms with van der Waals surface area (Å²) in [7, 11) is 0. The van der Waals surface area contributed by atoms with Crippen molar-refractivity contribution < 1.29 is 5.11 Å². The number of rotatable bonds is 5. The van der Waals surface area contributed by atoms with Gasteiger partial charge in [0.15, 0.2) is 5.82 Å². The Morgan fingerprint density at radius 2 is 2.00 bits per heavy atom. The average molecular weight is 330 g/mol. The highest BCUT2D eigenvalue weighted by Crippen LogP contribution is 2.22. The first kappa shape index (κ1) is 15.5. The van der Waals surface area contributed by atoms with Gasteiger partial charge in [-0.3, -0.25) is 0 Å². The Kier molecular flexibility index (Phi) is 4.55. The van der Waals surface area contributed by atoms with Gasteiger partial charge in [0.25, 0.3) is 0 Å². The van der Waals surface area contributed by atoms with Gasteiger partial charge in [-0.1, -0.05) is 29.8 Å². The number of aromatic nitrogens is 4. The first-order chi connectivity index (χ1) is 11.1. The molecular weight excluding hydrogens is 314 g/mol. The van der Waals surface area contributed by atoms with Crippen LogP contribution in [0.15, 0.2) is 48.7 Å². The van der Waals surface area contributed by atoms with Crippen molar-refractivity contribution >= 4 is 17.4 Å². The van der Waals surface area contributed by atoms with Crippen LogP contribution in [0.1, 0.15) is 17.4 Å². The highest BCUT2D eigenvalue weighted by molar-refractivity contribution is 6.31. The van der Waals surface area contributed by atoms with E-state index in [4.69, 9.17) is 11.6 Å². The molecule has 1 atom stereocenters. The summed E-state index contributed by atoms with van der Waals surface area (Å²) in [5.74, 6) is 1.21. The van der Waals surface area contributed by atoms with Gasteiger partial charge in [-0.05, 0) is 31.2 Å². The summed E-state index contributed by atoms with van der Waals surface area (Å²) in [6, 6.07) is 12.7. The van der Waals surface area contributed by atoms with Crippen LogP contribution in [0.2, 0.25) is 5.02 Å². The molecule has 0 spiro atoms. The van der Waals surface area contributed by atoms with E-state index < -0.39 is 6.10 Å². The second-order valence-electron chi connectivity index (χ2n) is 5.10. The molecule has 0 aliphatic heterocycles. The molecule has 2 N–H and O–H groups in total. The maximum Gasteiger partial charge on any atom is 0.175 e. The lowest BCUT2D eigenvalue weighted by atomic mass is 10.1. The number of hydrogen-bond donors (Lipinski definition) is 2. The highest BCUT2D eigenvalue weighted by Gasteiger charge is 2.11. The first-order valence-electron chi connectivity index (χ1n) is 7.16. The van der Waals surface area contributed by atoms with Gasteiger partial charge in [0.2, 0.25) is 0 Å². The summed E-state index contributed by atoms with van der Waals surface area (Å²) in [6.07, 6.45) is 1.10. The average Bonchev–Trinajstić information content (AvgIpc) is 3.00. The number of aliphatic hydroxyl groups is 1. The SMILES string of the molecule is Cc1ccn(-c2ccc(NCC(O)c3ccccc3Cl)nn2)n1. The van der Waals surface area contributed by atoms with Crippen LogP contribution >= 0.6 is 11.6 Å². The molecule has 0 radical (unpaired) electrons. The number of benzene rings is 1. The molecule has 118 valence electrons. The number of nitrogens with zero attached hydrogens (tertiary/aromatic N) is 4. The predicted octanol–water partition coefficient (Wildman–Crippen LogP) is 2.77. The lowest BCUT2D eigenvalue weighted by molar-refractivity contribution is 0.191. The van der Waals surface area contributed by atoms with Gasteiger partial charge in [0.05, 0.1) is 11.8 Å². The molecule has 0 saturated heterocycles. The van der Waals surface area contributed by atoms with Crippen molar-refractivity contribution in [1.82, 2.24) is 20.0 Å². The van der Waals surface area contributed by atoms with Gasteiger partial charge in [-0.2, -0.15) is 5.10 Å². The van der Waals surface area contributed by atoms with Crippen molar-refractivity contribution in [2.45, 2.75) is 13.0 Å². The zero-order valence-electron chi connectivity index (χ0n) is 12.5. The largest absolute Gasteiger partial charge is 0.387 e. The summed E-state index contributed by atoms with van der Waals surface area (Å²) in [6.45, 7) is 2.20. The molecule has 0 bridgehead atoms. The van der Waals surface area contributed by atoms with E-state index in [0.29, 0.717) is 28.8 Å². The van der Waals surface area contributed by atoms with E-state index >= 15 is 0 Å². The van der Waals surface area contributed by atoms with Crippen molar-refractivity contribution in [2.75, 3.05) is 11.9 Å². The number of aliphatic hydroxyl groups excluding tert-OH is 1. The Hall–Kier alpha value is -2.44. The molecule has 3 aromatic rings. The third-order valence-electron chi connectivity index (χ3n) is 3.35. The molecular formula is C16H16ClN5O. The van der Waals surface area contributed by atoms with Crippen LogP contribution in [0, 0.1) is 6.92 Å². The highest BCUT2D eigenvalue weighted by atomic mass is 35.5. The zero-order chi connectivity index (χ0) is 16.2. The van der Waals surface area contributed by atoms with Crippen molar-refractivity contribution in [3.63, 3.8) is 0 Å².